The number of nitro groups is 1. The molecule has 0 aliphatic carbocycles. The van der Waals surface area contributed by atoms with Gasteiger partial charge in [0.1, 0.15) is 5.69 Å². The molecule has 0 aliphatic heterocycles. The molecule has 0 bridgehead atoms. The van der Waals surface area contributed by atoms with E-state index in [1.807, 2.05) is 26.1 Å². The molecule has 21 heavy (non-hydrogen) atoms. The minimum absolute atomic E-state index is 0.00604. The van der Waals surface area contributed by atoms with E-state index in [2.05, 4.69) is 15.5 Å². The summed E-state index contributed by atoms with van der Waals surface area (Å²) >= 11 is 0. The molecule has 0 aromatic carbocycles. The minimum atomic E-state index is -0.360. The first kappa shape index (κ1) is 15.0. The molecule has 0 fully saturated rings. The van der Waals surface area contributed by atoms with E-state index in [9.17, 15) is 10.1 Å². The van der Waals surface area contributed by atoms with Crippen LogP contribution < -0.4 is 5.32 Å². The van der Waals surface area contributed by atoms with Gasteiger partial charge in [0.05, 0.1) is 11.5 Å². The van der Waals surface area contributed by atoms with Crippen LogP contribution >= 0.6 is 0 Å². The monoisotopic (exact) mass is 292 g/mol. The lowest BCUT2D eigenvalue weighted by Gasteiger charge is -2.14. The molecular weight excluding hydrogens is 272 g/mol. The van der Waals surface area contributed by atoms with Gasteiger partial charge in [0.25, 0.3) is 0 Å². The van der Waals surface area contributed by atoms with Crippen LogP contribution in [0, 0.1) is 10.1 Å². The smallest absolute Gasteiger partial charge is 0.334 e. The van der Waals surface area contributed by atoms with Crippen LogP contribution in [0.1, 0.15) is 26.0 Å². The third kappa shape index (κ3) is 3.39. The summed E-state index contributed by atoms with van der Waals surface area (Å²) in [6.45, 7) is 4.56. The molecule has 8 nitrogen and oxygen atoms in total. The average Bonchev–Trinajstić information content (AvgIpc) is 2.99. The number of aryl methyl sites for hydroxylation is 2. The van der Waals surface area contributed by atoms with Gasteiger partial charge in [-0.15, -0.1) is 0 Å². The van der Waals surface area contributed by atoms with Gasteiger partial charge in [-0.1, -0.05) is 13.3 Å². The molecule has 2 heterocycles. The molecule has 0 saturated carbocycles. The highest BCUT2D eigenvalue weighted by molar-refractivity contribution is 5.60. The molecule has 2 aromatic heterocycles. The standard InChI is InChI=1S/C13H20N6O2/c1-4-6-11-12(19(20)21)13(17(3)16-11)15-10(2)9-18-8-5-7-14-18/h5,7-8,10,15H,4,6,9H2,1-3H3. The molecule has 1 unspecified atom stereocenters. The fourth-order valence-corrected chi connectivity index (χ4v) is 2.30. The summed E-state index contributed by atoms with van der Waals surface area (Å²) in [7, 11) is 1.72. The Hall–Kier alpha value is -2.38. The number of nitrogens with zero attached hydrogens (tertiary/aromatic N) is 5. The van der Waals surface area contributed by atoms with Crippen LogP contribution in [0.3, 0.4) is 0 Å². The largest absolute Gasteiger partial charge is 0.360 e. The quantitative estimate of drug-likeness (QED) is 0.622. The molecule has 0 spiro atoms. The zero-order valence-electron chi connectivity index (χ0n) is 12.5. The van der Waals surface area contributed by atoms with Crippen molar-refractivity contribution in [2.75, 3.05) is 5.32 Å². The highest BCUT2D eigenvalue weighted by Gasteiger charge is 2.26. The summed E-state index contributed by atoms with van der Waals surface area (Å²) in [4.78, 5) is 11.0. The number of hydrogen-bond acceptors (Lipinski definition) is 5. The zero-order chi connectivity index (χ0) is 15.4. The van der Waals surface area contributed by atoms with Gasteiger partial charge in [0.2, 0.25) is 5.82 Å². The van der Waals surface area contributed by atoms with E-state index in [1.54, 1.807) is 22.6 Å². The molecule has 8 heteroatoms. The van der Waals surface area contributed by atoms with Crippen molar-refractivity contribution in [3.8, 4) is 0 Å². The van der Waals surface area contributed by atoms with Crippen LogP contribution in [0.15, 0.2) is 18.5 Å². The molecule has 114 valence electrons. The van der Waals surface area contributed by atoms with E-state index in [1.165, 1.54) is 0 Å². The molecular formula is C13H20N6O2. The number of rotatable bonds is 7. The summed E-state index contributed by atoms with van der Waals surface area (Å²) in [6, 6.07) is 1.84. The number of hydrogen-bond donors (Lipinski definition) is 1. The Morgan fingerprint density at radius 3 is 2.86 bits per heavy atom. The van der Waals surface area contributed by atoms with Crippen molar-refractivity contribution in [3.05, 3.63) is 34.3 Å². The predicted molar refractivity (Wildman–Crippen MR) is 79.2 cm³/mol. The van der Waals surface area contributed by atoms with E-state index in [4.69, 9.17) is 0 Å². The van der Waals surface area contributed by atoms with E-state index < -0.39 is 0 Å². The molecule has 2 aromatic rings. The second-order valence-corrected chi connectivity index (χ2v) is 5.05. The van der Waals surface area contributed by atoms with Crippen LogP contribution in [0.5, 0.6) is 0 Å². The van der Waals surface area contributed by atoms with Gasteiger partial charge in [0.15, 0.2) is 0 Å². The van der Waals surface area contributed by atoms with Crippen molar-refractivity contribution in [1.82, 2.24) is 19.6 Å². The Morgan fingerprint density at radius 1 is 1.52 bits per heavy atom. The van der Waals surface area contributed by atoms with Crippen molar-refractivity contribution in [1.29, 1.82) is 0 Å². The average molecular weight is 292 g/mol. The van der Waals surface area contributed by atoms with E-state index >= 15 is 0 Å². The topological polar surface area (TPSA) is 90.8 Å². The van der Waals surface area contributed by atoms with Crippen LogP contribution in [0.25, 0.3) is 0 Å². The second-order valence-electron chi connectivity index (χ2n) is 5.05. The maximum Gasteiger partial charge on any atom is 0.334 e. The van der Waals surface area contributed by atoms with Crippen LogP contribution in [-0.2, 0) is 20.0 Å². The summed E-state index contributed by atoms with van der Waals surface area (Å²) < 4.78 is 3.33. The SMILES string of the molecule is CCCc1nn(C)c(NC(C)Cn2cccn2)c1[N+](=O)[O-]. The maximum atomic E-state index is 11.3. The number of aromatic nitrogens is 4. The Bertz CT molecular complexity index is 604. The van der Waals surface area contributed by atoms with E-state index in [-0.39, 0.29) is 16.7 Å². The van der Waals surface area contributed by atoms with Crippen molar-refractivity contribution in [2.45, 2.75) is 39.3 Å². The lowest BCUT2D eigenvalue weighted by Crippen LogP contribution is -2.24. The minimum Gasteiger partial charge on any atom is -0.360 e. The maximum absolute atomic E-state index is 11.3. The van der Waals surface area contributed by atoms with Crippen molar-refractivity contribution >= 4 is 11.5 Å². The Labute approximate surface area is 122 Å². The van der Waals surface area contributed by atoms with Crippen LogP contribution in [-0.4, -0.2) is 30.5 Å². The first-order valence-corrected chi connectivity index (χ1v) is 6.97. The molecule has 0 saturated heterocycles. The number of nitrogens with one attached hydrogen (secondary N) is 1. The summed E-state index contributed by atoms with van der Waals surface area (Å²) in [5, 5.41) is 22.9. The van der Waals surface area contributed by atoms with E-state index in [0.717, 1.165) is 6.42 Å². The summed E-state index contributed by atoms with van der Waals surface area (Å²) in [5.41, 5.74) is 0.602. The van der Waals surface area contributed by atoms with Gasteiger partial charge in [-0.2, -0.15) is 10.2 Å². The third-order valence-electron chi connectivity index (χ3n) is 3.16. The summed E-state index contributed by atoms with van der Waals surface area (Å²) in [6.07, 6.45) is 4.98. The summed E-state index contributed by atoms with van der Waals surface area (Å²) in [5.74, 6) is 0.447. The van der Waals surface area contributed by atoms with Gasteiger partial charge in [0, 0.05) is 25.5 Å². The van der Waals surface area contributed by atoms with Crippen LogP contribution in [0.2, 0.25) is 0 Å². The first-order chi connectivity index (χ1) is 10.0. The molecule has 1 atom stereocenters. The molecule has 0 amide bonds. The Morgan fingerprint density at radius 2 is 2.29 bits per heavy atom. The fourth-order valence-electron chi connectivity index (χ4n) is 2.30. The Balaban J connectivity index is 2.20. The number of anilines is 1. The second kappa shape index (κ2) is 6.38. The molecule has 0 radical (unpaired) electrons. The van der Waals surface area contributed by atoms with Crippen molar-refractivity contribution in [3.63, 3.8) is 0 Å². The van der Waals surface area contributed by atoms with Gasteiger partial charge < -0.3 is 5.32 Å². The van der Waals surface area contributed by atoms with Gasteiger partial charge in [-0.25, -0.2) is 4.68 Å². The highest BCUT2D eigenvalue weighted by atomic mass is 16.6. The van der Waals surface area contributed by atoms with Crippen LogP contribution in [0.4, 0.5) is 11.5 Å². The first-order valence-electron chi connectivity index (χ1n) is 6.97. The lowest BCUT2D eigenvalue weighted by molar-refractivity contribution is -0.384. The van der Waals surface area contributed by atoms with Crippen molar-refractivity contribution in [2.24, 2.45) is 7.05 Å². The van der Waals surface area contributed by atoms with Gasteiger partial charge >= 0.3 is 5.69 Å². The fraction of sp³-hybridized carbons (Fsp3) is 0.538. The lowest BCUT2D eigenvalue weighted by atomic mass is 10.2. The molecule has 2 rings (SSSR count). The molecule has 0 aliphatic rings. The van der Waals surface area contributed by atoms with Gasteiger partial charge in [-0.05, 0) is 19.4 Å². The van der Waals surface area contributed by atoms with E-state index in [0.29, 0.717) is 24.5 Å². The molecule has 1 N–H and O–H groups in total. The van der Waals surface area contributed by atoms with Gasteiger partial charge in [-0.3, -0.25) is 14.8 Å². The Kier molecular flexibility index (Phi) is 4.56. The van der Waals surface area contributed by atoms with Crippen molar-refractivity contribution < 1.29 is 4.92 Å². The predicted octanol–water partition coefficient (Wildman–Crippen LogP) is 1.98. The third-order valence-corrected chi connectivity index (χ3v) is 3.16. The normalized spacial score (nSPS) is 12.3. The zero-order valence-corrected chi connectivity index (χ0v) is 12.5. The highest BCUT2D eigenvalue weighted by Crippen LogP contribution is 2.29.